The average molecular weight is 374 g/mol. The Morgan fingerprint density at radius 1 is 1.04 bits per heavy atom. The van der Waals surface area contributed by atoms with E-state index >= 15 is 0 Å². The molecule has 1 heterocycles. The molecule has 1 saturated heterocycles. The van der Waals surface area contributed by atoms with Crippen molar-refractivity contribution in [2.45, 2.75) is 50.0 Å². The number of hydrogen-bond donors (Lipinski definition) is 1. The van der Waals surface area contributed by atoms with Crippen LogP contribution in [0.5, 0.6) is 0 Å². The van der Waals surface area contributed by atoms with Crippen molar-refractivity contribution in [3.8, 4) is 0 Å². The number of benzene rings is 2. The molecular formula is C21H27NO3S. The lowest BCUT2D eigenvalue weighted by Crippen LogP contribution is -2.28. The molecule has 0 saturated carbocycles. The lowest BCUT2D eigenvalue weighted by molar-refractivity contribution is 0.0862. The van der Waals surface area contributed by atoms with E-state index in [9.17, 15) is 8.42 Å². The fourth-order valence-corrected chi connectivity index (χ4v) is 4.50. The Morgan fingerprint density at radius 2 is 1.65 bits per heavy atom. The van der Waals surface area contributed by atoms with Gasteiger partial charge in [-0.3, -0.25) is 0 Å². The topological polar surface area (TPSA) is 55.4 Å². The molecule has 3 rings (SSSR count). The number of aryl methyl sites for hydroxylation is 2. The third-order valence-corrected chi connectivity index (χ3v) is 6.47. The van der Waals surface area contributed by atoms with E-state index < -0.39 is 10.0 Å². The first-order chi connectivity index (χ1) is 12.5. The number of nitrogens with one attached hydrogen (secondary N) is 1. The molecule has 2 atom stereocenters. The van der Waals surface area contributed by atoms with Crippen LogP contribution in [0.2, 0.25) is 0 Å². The van der Waals surface area contributed by atoms with Gasteiger partial charge in [0.25, 0.3) is 0 Å². The predicted molar refractivity (Wildman–Crippen MR) is 104 cm³/mol. The minimum atomic E-state index is -3.48. The van der Waals surface area contributed by atoms with E-state index in [2.05, 4.69) is 35.9 Å². The molecule has 0 amide bonds. The molecule has 1 aliphatic rings. The first kappa shape index (κ1) is 19.1. The maximum absolute atomic E-state index is 12.5. The van der Waals surface area contributed by atoms with Gasteiger partial charge in [-0.25, -0.2) is 13.1 Å². The summed E-state index contributed by atoms with van der Waals surface area (Å²) in [5.74, 6) is 0.207. The Hall–Kier alpha value is -1.69. The van der Waals surface area contributed by atoms with Crippen molar-refractivity contribution in [1.29, 1.82) is 0 Å². The summed E-state index contributed by atoms with van der Waals surface area (Å²) in [5, 5.41) is 0. The smallest absolute Gasteiger partial charge is 0.240 e. The van der Waals surface area contributed by atoms with Crippen molar-refractivity contribution in [2.24, 2.45) is 0 Å². The third-order valence-electron chi connectivity index (χ3n) is 5.00. The molecular weight excluding hydrogens is 346 g/mol. The summed E-state index contributed by atoms with van der Waals surface area (Å²) in [7, 11) is -3.48. The van der Waals surface area contributed by atoms with Gasteiger partial charge in [0.05, 0.1) is 11.0 Å². The highest BCUT2D eigenvalue weighted by Gasteiger charge is 2.27. The highest BCUT2D eigenvalue weighted by molar-refractivity contribution is 7.89. The van der Waals surface area contributed by atoms with E-state index in [0.29, 0.717) is 11.4 Å². The van der Waals surface area contributed by atoms with E-state index in [-0.39, 0.29) is 12.0 Å². The first-order valence-electron chi connectivity index (χ1n) is 9.20. The second kappa shape index (κ2) is 8.33. The second-order valence-corrected chi connectivity index (χ2v) is 8.84. The molecule has 26 heavy (non-hydrogen) atoms. The molecule has 1 aliphatic heterocycles. The van der Waals surface area contributed by atoms with Crippen molar-refractivity contribution >= 4 is 10.0 Å². The molecule has 0 radical (unpaired) electrons. The summed E-state index contributed by atoms with van der Waals surface area (Å²) >= 11 is 0. The zero-order chi connectivity index (χ0) is 18.6. The molecule has 0 spiro atoms. The Bertz CT molecular complexity index is 807. The number of sulfonamides is 1. The van der Waals surface area contributed by atoms with Crippen molar-refractivity contribution < 1.29 is 13.2 Å². The van der Waals surface area contributed by atoms with Crippen molar-refractivity contribution in [3.63, 3.8) is 0 Å². The molecule has 0 aromatic heterocycles. The molecule has 5 heteroatoms. The highest BCUT2D eigenvalue weighted by atomic mass is 32.2. The zero-order valence-electron chi connectivity index (χ0n) is 15.4. The molecule has 140 valence electrons. The molecule has 0 bridgehead atoms. The predicted octanol–water partition coefficient (Wildman–Crippen LogP) is 3.93. The van der Waals surface area contributed by atoms with Crippen LogP contribution in [0.25, 0.3) is 0 Å². The van der Waals surface area contributed by atoms with E-state index in [1.54, 1.807) is 12.1 Å². The van der Waals surface area contributed by atoms with E-state index in [1.165, 1.54) is 11.1 Å². The Labute approximate surface area is 156 Å². The largest absolute Gasteiger partial charge is 0.378 e. The average Bonchev–Trinajstić information content (AvgIpc) is 3.14. The lowest BCUT2D eigenvalue weighted by Gasteiger charge is -2.24. The van der Waals surface area contributed by atoms with Gasteiger partial charge in [0, 0.05) is 19.1 Å². The van der Waals surface area contributed by atoms with Crippen LogP contribution in [0.4, 0.5) is 0 Å². The quantitative estimate of drug-likeness (QED) is 0.800. The summed E-state index contributed by atoms with van der Waals surface area (Å²) in [6, 6.07) is 15.4. The molecule has 4 nitrogen and oxygen atoms in total. The maximum atomic E-state index is 12.5. The van der Waals surface area contributed by atoms with Gasteiger partial charge < -0.3 is 4.74 Å². The highest BCUT2D eigenvalue weighted by Crippen LogP contribution is 2.31. The third kappa shape index (κ3) is 4.72. The summed E-state index contributed by atoms with van der Waals surface area (Å²) in [5.41, 5.74) is 3.48. The van der Waals surface area contributed by atoms with E-state index in [0.717, 1.165) is 31.4 Å². The van der Waals surface area contributed by atoms with Crippen LogP contribution in [-0.2, 0) is 14.8 Å². The minimum Gasteiger partial charge on any atom is -0.378 e. The van der Waals surface area contributed by atoms with Gasteiger partial charge in [-0.05, 0) is 50.8 Å². The van der Waals surface area contributed by atoms with Crippen molar-refractivity contribution in [1.82, 2.24) is 4.72 Å². The molecule has 0 aliphatic carbocycles. The van der Waals surface area contributed by atoms with Gasteiger partial charge in [-0.15, -0.1) is 0 Å². The fourth-order valence-electron chi connectivity index (χ4n) is 3.45. The normalized spacial score (nSPS) is 18.8. The van der Waals surface area contributed by atoms with Crippen molar-refractivity contribution in [3.05, 3.63) is 65.2 Å². The van der Waals surface area contributed by atoms with Crippen LogP contribution in [0, 0.1) is 13.8 Å². The van der Waals surface area contributed by atoms with E-state index in [1.807, 2.05) is 19.1 Å². The van der Waals surface area contributed by atoms with Crippen LogP contribution >= 0.6 is 0 Å². The molecule has 1 N–H and O–H groups in total. The van der Waals surface area contributed by atoms with Crippen LogP contribution in [0.15, 0.2) is 53.4 Å². The van der Waals surface area contributed by atoms with Crippen LogP contribution in [0.3, 0.4) is 0 Å². The number of rotatable bonds is 7. The first-order valence-corrected chi connectivity index (χ1v) is 10.7. The van der Waals surface area contributed by atoms with Crippen LogP contribution in [-0.4, -0.2) is 27.7 Å². The van der Waals surface area contributed by atoms with Gasteiger partial charge in [0.1, 0.15) is 0 Å². The van der Waals surface area contributed by atoms with Gasteiger partial charge in [-0.2, -0.15) is 0 Å². The number of ether oxygens (including phenoxy) is 1. The Morgan fingerprint density at radius 3 is 2.23 bits per heavy atom. The Balaban J connectivity index is 1.67. The summed E-state index contributed by atoms with van der Waals surface area (Å²) in [6.45, 7) is 5.20. The van der Waals surface area contributed by atoms with Crippen LogP contribution < -0.4 is 4.72 Å². The number of hydrogen-bond acceptors (Lipinski definition) is 3. The van der Waals surface area contributed by atoms with Gasteiger partial charge in [-0.1, -0.05) is 47.5 Å². The zero-order valence-corrected chi connectivity index (χ0v) is 16.3. The molecule has 1 fully saturated rings. The van der Waals surface area contributed by atoms with Crippen LogP contribution in [0.1, 0.15) is 41.9 Å². The van der Waals surface area contributed by atoms with Crippen molar-refractivity contribution in [2.75, 3.05) is 13.2 Å². The minimum absolute atomic E-state index is 0.168. The molecule has 2 aromatic carbocycles. The summed E-state index contributed by atoms with van der Waals surface area (Å²) in [4.78, 5) is 0.312. The fraction of sp³-hybridized carbons (Fsp3) is 0.429. The van der Waals surface area contributed by atoms with E-state index in [4.69, 9.17) is 4.74 Å². The van der Waals surface area contributed by atoms with Gasteiger partial charge >= 0.3 is 0 Å². The Kier molecular flexibility index (Phi) is 6.12. The summed E-state index contributed by atoms with van der Waals surface area (Å²) in [6.07, 6.45) is 2.99. The lowest BCUT2D eigenvalue weighted by atomic mass is 9.88. The standard InChI is InChI=1S/C21H27NO3S/c1-16-5-9-18(10-6-16)20(21-4-3-15-25-21)13-14-22-26(23,24)19-11-7-17(2)8-12-19/h5-12,20-22H,3-4,13-15H2,1-2H3/t20-,21+/m1/s1. The SMILES string of the molecule is Cc1ccc([C@@H](CCNS(=O)(=O)c2ccc(C)cc2)[C@@H]2CCCO2)cc1. The monoisotopic (exact) mass is 373 g/mol. The van der Waals surface area contributed by atoms with Gasteiger partial charge in [0.2, 0.25) is 10.0 Å². The maximum Gasteiger partial charge on any atom is 0.240 e. The molecule has 0 unspecified atom stereocenters. The second-order valence-electron chi connectivity index (χ2n) is 7.07. The molecule has 2 aromatic rings. The van der Waals surface area contributed by atoms with Gasteiger partial charge in [0.15, 0.2) is 0 Å². The summed E-state index contributed by atoms with van der Waals surface area (Å²) < 4.78 is 33.6.